The van der Waals surface area contributed by atoms with E-state index in [1.807, 2.05) is 87.5 Å². The average Bonchev–Trinajstić information content (AvgIpc) is 2.91. The first-order valence-electron chi connectivity index (χ1n) is 14.1. The number of nitrogens with zero attached hydrogens (tertiary/aromatic N) is 1. The van der Waals surface area contributed by atoms with Gasteiger partial charge in [-0.25, -0.2) is 0 Å². The Balaban J connectivity index is 1.71. The quantitative estimate of drug-likeness (QED) is 0.270. The van der Waals surface area contributed by atoms with E-state index in [4.69, 9.17) is 4.74 Å². The number of pyridine rings is 1. The third-order valence-corrected chi connectivity index (χ3v) is 6.36. The Bertz CT molecular complexity index is 1180. The minimum Gasteiger partial charge on any atom is -0.489 e. The highest BCUT2D eigenvalue weighted by atomic mass is 16.5. The van der Waals surface area contributed by atoms with E-state index in [1.165, 1.54) is 0 Å². The van der Waals surface area contributed by atoms with Gasteiger partial charge < -0.3 is 20.7 Å². The number of benzene rings is 2. The van der Waals surface area contributed by atoms with E-state index in [-0.39, 0.29) is 11.8 Å². The standard InChI is InChI=1S/C33H44N4O3/c1-24(2)15-20-35-29(21-26-16-18-34-19-17-26)31(38)36-30(32(39)37-33(3,4)5)22-25-11-13-28(14-12-25)40-23-27-9-7-6-8-10-27/h6-14,16-19,24,29-30,35H,15,20-23H2,1-5H3,(H,36,38)(H,37,39)/t29-,30+/m0/s1. The van der Waals surface area contributed by atoms with Crippen molar-refractivity contribution < 1.29 is 14.3 Å². The number of rotatable bonds is 14. The van der Waals surface area contributed by atoms with Crippen LogP contribution in [0.15, 0.2) is 79.1 Å². The predicted octanol–water partition coefficient (Wildman–Crippen LogP) is 4.85. The van der Waals surface area contributed by atoms with E-state index in [9.17, 15) is 9.59 Å². The normalized spacial score (nSPS) is 12.9. The van der Waals surface area contributed by atoms with E-state index in [2.05, 4.69) is 34.8 Å². The van der Waals surface area contributed by atoms with Crippen molar-refractivity contribution >= 4 is 11.8 Å². The predicted molar refractivity (Wildman–Crippen MR) is 160 cm³/mol. The van der Waals surface area contributed by atoms with Gasteiger partial charge in [-0.3, -0.25) is 14.6 Å². The zero-order valence-electron chi connectivity index (χ0n) is 24.4. The maximum atomic E-state index is 13.6. The Morgan fingerprint density at radius 1 is 0.800 bits per heavy atom. The summed E-state index contributed by atoms with van der Waals surface area (Å²) in [7, 11) is 0. The second-order valence-corrected chi connectivity index (χ2v) is 11.7. The van der Waals surface area contributed by atoms with Crippen molar-refractivity contribution in [1.29, 1.82) is 0 Å². The molecule has 0 aliphatic heterocycles. The summed E-state index contributed by atoms with van der Waals surface area (Å²) in [6.45, 7) is 11.3. The van der Waals surface area contributed by atoms with Crippen LogP contribution in [0.5, 0.6) is 5.75 Å². The Morgan fingerprint density at radius 2 is 1.43 bits per heavy atom. The van der Waals surface area contributed by atoms with Crippen LogP contribution >= 0.6 is 0 Å². The van der Waals surface area contributed by atoms with Gasteiger partial charge in [0.1, 0.15) is 18.4 Å². The molecule has 2 amide bonds. The first-order chi connectivity index (χ1) is 19.1. The molecule has 3 N–H and O–H groups in total. The summed E-state index contributed by atoms with van der Waals surface area (Å²) in [5.74, 6) is 0.855. The lowest BCUT2D eigenvalue weighted by Crippen LogP contribution is -2.56. The van der Waals surface area contributed by atoms with Crippen LogP contribution in [-0.2, 0) is 29.0 Å². The molecule has 3 aromatic rings. The molecule has 0 saturated heterocycles. The SMILES string of the molecule is CC(C)CCN[C@@H](Cc1ccncc1)C(=O)N[C@H](Cc1ccc(OCc2ccccc2)cc1)C(=O)NC(C)(C)C. The molecule has 2 aromatic carbocycles. The van der Waals surface area contributed by atoms with E-state index in [1.54, 1.807) is 12.4 Å². The van der Waals surface area contributed by atoms with Crippen LogP contribution < -0.4 is 20.7 Å². The topological polar surface area (TPSA) is 92.3 Å². The zero-order chi connectivity index (χ0) is 29.0. The molecule has 0 bridgehead atoms. The third-order valence-electron chi connectivity index (χ3n) is 6.36. The molecule has 3 rings (SSSR count). The molecule has 1 aromatic heterocycles. The number of amides is 2. The number of hydrogen-bond acceptors (Lipinski definition) is 5. The molecule has 0 saturated carbocycles. The van der Waals surface area contributed by atoms with Crippen molar-refractivity contribution in [3.05, 3.63) is 95.8 Å². The summed E-state index contributed by atoms with van der Waals surface area (Å²) in [5.41, 5.74) is 2.60. The van der Waals surface area contributed by atoms with Crippen LogP contribution in [0.25, 0.3) is 0 Å². The summed E-state index contributed by atoms with van der Waals surface area (Å²) >= 11 is 0. The summed E-state index contributed by atoms with van der Waals surface area (Å²) in [6.07, 6.45) is 5.28. The third kappa shape index (κ3) is 11.2. The molecule has 7 nitrogen and oxygen atoms in total. The molecular weight excluding hydrogens is 500 g/mol. The molecule has 0 radical (unpaired) electrons. The molecule has 7 heteroatoms. The highest BCUT2D eigenvalue weighted by Gasteiger charge is 2.28. The molecule has 40 heavy (non-hydrogen) atoms. The number of aromatic nitrogens is 1. The molecule has 0 aliphatic carbocycles. The van der Waals surface area contributed by atoms with Gasteiger partial charge in [0.25, 0.3) is 0 Å². The minimum absolute atomic E-state index is 0.197. The van der Waals surface area contributed by atoms with Gasteiger partial charge in [-0.15, -0.1) is 0 Å². The van der Waals surface area contributed by atoms with Crippen molar-refractivity contribution in [2.24, 2.45) is 5.92 Å². The number of nitrogens with one attached hydrogen (secondary N) is 3. The Labute approximate surface area is 239 Å². The summed E-state index contributed by atoms with van der Waals surface area (Å²) in [5, 5.41) is 9.49. The van der Waals surface area contributed by atoms with Gasteiger partial charge in [-0.05, 0) is 87.0 Å². The van der Waals surface area contributed by atoms with Crippen molar-refractivity contribution in [2.45, 2.75) is 78.1 Å². The van der Waals surface area contributed by atoms with Crippen LogP contribution in [-0.4, -0.2) is 41.0 Å². The van der Waals surface area contributed by atoms with Gasteiger partial charge >= 0.3 is 0 Å². The largest absolute Gasteiger partial charge is 0.489 e. The highest BCUT2D eigenvalue weighted by molar-refractivity contribution is 5.90. The summed E-state index contributed by atoms with van der Waals surface area (Å²) in [4.78, 5) is 31.0. The molecule has 0 unspecified atom stereocenters. The second kappa shape index (κ2) is 15.2. The molecule has 2 atom stereocenters. The van der Waals surface area contributed by atoms with Gasteiger partial charge in [-0.2, -0.15) is 0 Å². The van der Waals surface area contributed by atoms with Gasteiger partial charge in [0, 0.05) is 24.4 Å². The van der Waals surface area contributed by atoms with E-state index in [0.717, 1.165) is 28.9 Å². The van der Waals surface area contributed by atoms with Crippen LogP contribution in [0, 0.1) is 5.92 Å². The van der Waals surface area contributed by atoms with E-state index in [0.29, 0.717) is 31.9 Å². The Hall–Kier alpha value is -3.71. The fraction of sp³-hybridized carbons (Fsp3) is 0.424. The van der Waals surface area contributed by atoms with Gasteiger partial charge in [0.2, 0.25) is 11.8 Å². The van der Waals surface area contributed by atoms with Crippen molar-refractivity contribution in [2.75, 3.05) is 6.54 Å². The Morgan fingerprint density at radius 3 is 2.05 bits per heavy atom. The number of ether oxygens (including phenoxy) is 1. The lowest BCUT2D eigenvalue weighted by Gasteiger charge is -2.27. The zero-order valence-corrected chi connectivity index (χ0v) is 24.4. The number of hydrogen-bond donors (Lipinski definition) is 3. The van der Waals surface area contributed by atoms with Gasteiger partial charge in [0.15, 0.2) is 0 Å². The van der Waals surface area contributed by atoms with Crippen molar-refractivity contribution in [1.82, 2.24) is 20.9 Å². The maximum absolute atomic E-state index is 13.6. The summed E-state index contributed by atoms with van der Waals surface area (Å²) in [6, 6.07) is 20.3. The van der Waals surface area contributed by atoms with Crippen LogP contribution in [0.3, 0.4) is 0 Å². The van der Waals surface area contributed by atoms with Crippen LogP contribution in [0.2, 0.25) is 0 Å². The fourth-order valence-electron chi connectivity index (χ4n) is 4.20. The number of carbonyl (C=O) groups excluding carboxylic acids is 2. The highest BCUT2D eigenvalue weighted by Crippen LogP contribution is 2.16. The minimum atomic E-state index is -0.727. The Kier molecular flexibility index (Phi) is 11.7. The molecule has 0 aliphatic rings. The molecule has 0 fully saturated rings. The average molecular weight is 545 g/mol. The molecule has 214 valence electrons. The molecule has 1 heterocycles. The van der Waals surface area contributed by atoms with Crippen LogP contribution in [0.1, 0.15) is 57.7 Å². The molecular formula is C33H44N4O3. The first kappa shape index (κ1) is 30.8. The lowest BCUT2D eigenvalue weighted by molar-refractivity contribution is -0.130. The number of carbonyl (C=O) groups is 2. The summed E-state index contributed by atoms with van der Waals surface area (Å²) < 4.78 is 5.91. The smallest absolute Gasteiger partial charge is 0.243 e. The van der Waals surface area contributed by atoms with Crippen molar-refractivity contribution in [3.63, 3.8) is 0 Å². The first-order valence-corrected chi connectivity index (χ1v) is 14.1. The lowest BCUT2D eigenvalue weighted by atomic mass is 10.0. The van der Waals surface area contributed by atoms with Crippen molar-refractivity contribution in [3.8, 4) is 5.75 Å². The fourth-order valence-corrected chi connectivity index (χ4v) is 4.20. The molecule has 0 spiro atoms. The van der Waals surface area contributed by atoms with Gasteiger partial charge in [0.05, 0.1) is 6.04 Å². The monoisotopic (exact) mass is 544 g/mol. The van der Waals surface area contributed by atoms with Gasteiger partial charge in [-0.1, -0.05) is 56.3 Å². The van der Waals surface area contributed by atoms with Crippen LogP contribution in [0.4, 0.5) is 0 Å². The van der Waals surface area contributed by atoms with E-state index >= 15 is 0 Å². The van der Waals surface area contributed by atoms with E-state index < -0.39 is 17.6 Å². The maximum Gasteiger partial charge on any atom is 0.243 e. The second-order valence-electron chi connectivity index (χ2n) is 11.7.